The summed E-state index contributed by atoms with van der Waals surface area (Å²) in [5.41, 5.74) is 0.276. The minimum atomic E-state index is -1.36. The molecule has 0 heterocycles. The zero-order chi connectivity index (χ0) is 20.0. The lowest BCUT2D eigenvalue weighted by atomic mass is 9.98. The second kappa shape index (κ2) is 8.70. The fourth-order valence-electron chi connectivity index (χ4n) is 2.63. The number of carbonyl (C=O) groups excluding carboxylic acids is 1. The molecule has 1 amide bonds. The van der Waals surface area contributed by atoms with Crippen molar-refractivity contribution >= 4 is 17.8 Å². The molecule has 0 aliphatic carbocycles. The van der Waals surface area contributed by atoms with E-state index >= 15 is 0 Å². The summed E-state index contributed by atoms with van der Waals surface area (Å²) in [7, 11) is 2.71. The van der Waals surface area contributed by atoms with Gasteiger partial charge in [0.2, 0.25) is 0 Å². The smallest absolute Gasteiger partial charge is 0.336 e. The molecular weight excluding hydrogens is 354 g/mol. The lowest BCUT2D eigenvalue weighted by Crippen LogP contribution is -2.42. The summed E-state index contributed by atoms with van der Waals surface area (Å²) in [5, 5.41) is 21.4. The fourth-order valence-corrected chi connectivity index (χ4v) is 2.63. The maximum atomic E-state index is 12.3. The Labute approximate surface area is 155 Å². The van der Waals surface area contributed by atoms with Crippen LogP contribution in [0.25, 0.3) is 0 Å². The number of methoxy groups -OCH3 is 2. The van der Waals surface area contributed by atoms with E-state index in [0.717, 1.165) is 0 Å². The molecule has 0 bridgehead atoms. The standard InChI is InChI=1S/C19H19NO7/c1-26-15-9-8-12(18(22)23)13(16(15)27-2)10-14(19(24)25)20-17(21)11-6-4-3-5-7-11/h3-9,14H,10H2,1-2H3,(H,20,21)(H,22,23)(H,24,25)/t14-/m0/s1. The van der Waals surface area contributed by atoms with E-state index in [4.69, 9.17) is 9.47 Å². The van der Waals surface area contributed by atoms with Crippen LogP contribution in [0.4, 0.5) is 0 Å². The van der Waals surface area contributed by atoms with Gasteiger partial charge in [0.25, 0.3) is 5.91 Å². The van der Waals surface area contributed by atoms with Crippen LogP contribution >= 0.6 is 0 Å². The Bertz CT molecular complexity index is 849. The van der Waals surface area contributed by atoms with E-state index in [9.17, 15) is 24.6 Å². The first-order valence-corrected chi connectivity index (χ1v) is 7.94. The van der Waals surface area contributed by atoms with Crippen LogP contribution in [-0.2, 0) is 11.2 Å². The Balaban J connectivity index is 2.39. The molecule has 0 unspecified atom stereocenters. The van der Waals surface area contributed by atoms with E-state index < -0.39 is 23.9 Å². The second-order valence-corrected chi connectivity index (χ2v) is 5.57. The average molecular weight is 373 g/mol. The number of hydrogen-bond donors (Lipinski definition) is 3. The topological polar surface area (TPSA) is 122 Å². The fraction of sp³-hybridized carbons (Fsp3) is 0.211. The molecule has 2 aromatic rings. The van der Waals surface area contributed by atoms with E-state index in [1.54, 1.807) is 30.3 Å². The summed E-state index contributed by atoms with van der Waals surface area (Å²) in [6, 6.07) is 9.48. The third-order valence-corrected chi connectivity index (χ3v) is 3.93. The number of ether oxygens (including phenoxy) is 2. The highest BCUT2D eigenvalue weighted by molar-refractivity contribution is 5.97. The van der Waals surface area contributed by atoms with E-state index in [1.165, 1.54) is 26.4 Å². The van der Waals surface area contributed by atoms with Crippen molar-refractivity contribution in [3.8, 4) is 11.5 Å². The number of hydrogen-bond acceptors (Lipinski definition) is 5. The van der Waals surface area contributed by atoms with Gasteiger partial charge in [-0.15, -0.1) is 0 Å². The largest absolute Gasteiger partial charge is 0.493 e. The van der Waals surface area contributed by atoms with Crippen LogP contribution in [0.15, 0.2) is 42.5 Å². The Morgan fingerprint density at radius 1 is 1.00 bits per heavy atom. The van der Waals surface area contributed by atoms with Gasteiger partial charge >= 0.3 is 11.9 Å². The van der Waals surface area contributed by atoms with Crippen molar-refractivity contribution in [1.82, 2.24) is 5.32 Å². The van der Waals surface area contributed by atoms with Gasteiger partial charge in [-0.25, -0.2) is 9.59 Å². The molecule has 8 nitrogen and oxygen atoms in total. The first-order valence-electron chi connectivity index (χ1n) is 7.94. The minimum absolute atomic E-state index is 0.109. The van der Waals surface area contributed by atoms with Crippen LogP contribution in [0, 0.1) is 0 Å². The predicted octanol–water partition coefficient (Wildman–Crippen LogP) is 1.83. The van der Waals surface area contributed by atoms with Gasteiger partial charge < -0.3 is 25.0 Å². The molecule has 0 saturated heterocycles. The van der Waals surface area contributed by atoms with Crippen LogP contribution in [0.5, 0.6) is 11.5 Å². The third-order valence-electron chi connectivity index (χ3n) is 3.93. The maximum Gasteiger partial charge on any atom is 0.336 e. The number of carbonyl (C=O) groups is 3. The summed E-state index contributed by atoms with van der Waals surface area (Å²) in [4.78, 5) is 35.5. The average Bonchev–Trinajstić information content (AvgIpc) is 2.67. The van der Waals surface area contributed by atoms with Crippen molar-refractivity contribution in [2.24, 2.45) is 0 Å². The molecule has 0 aromatic heterocycles. The van der Waals surface area contributed by atoms with Crippen LogP contribution in [0.3, 0.4) is 0 Å². The Hall–Kier alpha value is -3.55. The molecule has 0 spiro atoms. The summed E-state index contributed by atoms with van der Waals surface area (Å²) < 4.78 is 10.4. The Kier molecular flexibility index (Phi) is 6.37. The van der Waals surface area contributed by atoms with Crippen molar-refractivity contribution in [1.29, 1.82) is 0 Å². The number of rotatable bonds is 8. The normalized spacial score (nSPS) is 11.3. The number of benzene rings is 2. The van der Waals surface area contributed by atoms with Gasteiger partial charge in [0.15, 0.2) is 11.5 Å². The summed E-state index contributed by atoms with van der Waals surface area (Å²) >= 11 is 0. The van der Waals surface area contributed by atoms with E-state index in [2.05, 4.69) is 5.32 Å². The van der Waals surface area contributed by atoms with E-state index in [-0.39, 0.29) is 29.0 Å². The zero-order valence-electron chi connectivity index (χ0n) is 14.8. The Morgan fingerprint density at radius 2 is 1.67 bits per heavy atom. The van der Waals surface area contributed by atoms with Gasteiger partial charge in [-0.1, -0.05) is 18.2 Å². The van der Waals surface area contributed by atoms with Crippen molar-refractivity contribution in [3.05, 3.63) is 59.2 Å². The number of aliphatic carboxylic acids is 1. The molecule has 8 heteroatoms. The summed E-state index contributed by atoms with van der Waals surface area (Å²) in [6.07, 6.45) is -0.296. The quantitative estimate of drug-likeness (QED) is 0.645. The predicted molar refractivity (Wildman–Crippen MR) is 95.5 cm³/mol. The van der Waals surface area contributed by atoms with Crippen molar-refractivity contribution in [3.63, 3.8) is 0 Å². The van der Waals surface area contributed by atoms with Crippen molar-refractivity contribution in [2.75, 3.05) is 14.2 Å². The summed E-state index contributed by atoms with van der Waals surface area (Å²) in [5.74, 6) is -2.76. The molecular formula is C19H19NO7. The van der Waals surface area contributed by atoms with Gasteiger partial charge in [-0.2, -0.15) is 0 Å². The lowest BCUT2D eigenvalue weighted by molar-refractivity contribution is -0.139. The molecule has 2 rings (SSSR count). The van der Waals surface area contributed by atoms with Crippen LogP contribution in [0.1, 0.15) is 26.3 Å². The number of aromatic carboxylic acids is 1. The third kappa shape index (κ3) is 4.55. The Morgan fingerprint density at radius 3 is 2.19 bits per heavy atom. The molecule has 0 aliphatic rings. The molecule has 3 N–H and O–H groups in total. The maximum absolute atomic E-state index is 12.3. The number of carboxylic acid groups (broad SMARTS) is 2. The van der Waals surface area contributed by atoms with Gasteiger partial charge in [-0.3, -0.25) is 4.79 Å². The highest BCUT2D eigenvalue weighted by Crippen LogP contribution is 2.34. The van der Waals surface area contributed by atoms with Gasteiger partial charge in [0.05, 0.1) is 19.8 Å². The van der Waals surface area contributed by atoms with Gasteiger partial charge in [-0.05, 0) is 24.3 Å². The molecule has 0 radical (unpaired) electrons. The first-order chi connectivity index (χ1) is 12.9. The van der Waals surface area contributed by atoms with Gasteiger partial charge in [0, 0.05) is 17.5 Å². The van der Waals surface area contributed by atoms with Gasteiger partial charge in [0.1, 0.15) is 6.04 Å². The molecule has 0 fully saturated rings. The van der Waals surface area contributed by atoms with Crippen LogP contribution in [-0.4, -0.2) is 48.3 Å². The molecule has 0 aliphatic heterocycles. The van der Waals surface area contributed by atoms with Crippen molar-refractivity contribution < 1.29 is 34.1 Å². The highest BCUT2D eigenvalue weighted by Gasteiger charge is 2.27. The molecule has 0 saturated carbocycles. The number of carboxylic acids is 2. The molecule has 27 heavy (non-hydrogen) atoms. The second-order valence-electron chi connectivity index (χ2n) is 5.57. The SMILES string of the molecule is COc1ccc(C(=O)O)c(C[C@H](NC(=O)c2ccccc2)C(=O)O)c1OC. The van der Waals surface area contributed by atoms with E-state index in [1.807, 2.05) is 0 Å². The highest BCUT2D eigenvalue weighted by atomic mass is 16.5. The molecule has 1 atom stereocenters. The molecule has 2 aromatic carbocycles. The van der Waals surface area contributed by atoms with Crippen LogP contribution in [0.2, 0.25) is 0 Å². The first kappa shape index (κ1) is 19.8. The van der Waals surface area contributed by atoms with Crippen LogP contribution < -0.4 is 14.8 Å². The lowest BCUT2D eigenvalue weighted by Gasteiger charge is -2.19. The van der Waals surface area contributed by atoms with Crippen molar-refractivity contribution in [2.45, 2.75) is 12.5 Å². The number of nitrogens with one attached hydrogen (secondary N) is 1. The summed E-state index contributed by atoms with van der Waals surface area (Å²) in [6.45, 7) is 0. The van der Waals surface area contributed by atoms with E-state index in [0.29, 0.717) is 5.56 Å². The minimum Gasteiger partial charge on any atom is -0.493 e. The number of amides is 1. The molecule has 142 valence electrons. The monoisotopic (exact) mass is 373 g/mol. The zero-order valence-corrected chi connectivity index (χ0v) is 14.8.